The number of anilines is 2. The van der Waals surface area contributed by atoms with Crippen LogP contribution in [0.4, 0.5) is 24.7 Å². The molecule has 1 aliphatic rings. The molecule has 1 saturated heterocycles. The van der Waals surface area contributed by atoms with E-state index >= 15 is 0 Å². The maximum atomic E-state index is 13.7. The zero-order chi connectivity index (χ0) is 25.8. The number of hydrogen-bond acceptors (Lipinski definition) is 7. The number of aryl methyl sites for hydroxylation is 1. The molecule has 5 rings (SSSR count). The summed E-state index contributed by atoms with van der Waals surface area (Å²) in [6.45, 7) is 4.48. The van der Waals surface area contributed by atoms with E-state index in [9.17, 15) is 13.2 Å². The van der Waals surface area contributed by atoms with Crippen molar-refractivity contribution in [2.75, 3.05) is 31.8 Å². The zero-order valence-electron chi connectivity index (χ0n) is 20.2. The van der Waals surface area contributed by atoms with E-state index in [-0.39, 0.29) is 11.5 Å². The molecule has 4 N–H and O–H groups in total. The molecule has 0 spiro atoms. The molecule has 1 unspecified atom stereocenters. The molecule has 8 nitrogen and oxygen atoms in total. The second-order valence-electron chi connectivity index (χ2n) is 9.18. The molecule has 190 valence electrons. The zero-order valence-corrected chi connectivity index (χ0v) is 20.2. The quantitative estimate of drug-likeness (QED) is 0.395. The van der Waals surface area contributed by atoms with Crippen LogP contribution in [0.15, 0.2) is 30.6 Å². The summed E-state index contributed by atoms with van der Waals surface area (Å²) < 4.78 is 54.7. The van der Waals surface area contributed by atoms with Crippen LogP contribution in [0.25, 0.3) is 16.7 Å². The van der Waals surface area contributed by atoms with E-state index in [1.165, 1.54) is 0 Å². The van der Waals surface area contributed by atoms with Crippen molar-refractivity contribution in [2.24, 2.45) is 0 Å². The number of halogens is 3. The van der Waals surface area contributed by atoms with E-state index in [4.69, 9.17) is 20.9 Å². The van der Waals surface area contributed by atoms with Crippen molar-refractivity contribution in [3.63, 3.8) is 0 Å². The van der Waals surface area contributed by atoms with Gasteiger partial charge in [0.15, 0.2) is 5.65 Å². The van der Waals surface area contributed by atoms with Crippen molar-refractivity contribution < 1.29 is 22.6 Å². The summed E-state index contributed by atoms with van der Waals surface area (Å²) in [5.41, 5.74) is 13.8. The summed E-state index contributed by atoms with van der Waals surface area (Å²) in [5.74, 6) is 0.129. The fourth-order valence-corrected chi connectivity index (χ4v) is 5.31. The molecule has 36 heavy (non-hydrogen) atoms. The van der Waals surface area contributed by atoms with Gasteiger partial charge in [-0.2, -0.15) is 13.2 Å². The van der Waals surface area contributed by atoms with Gasteiger partial charge < -0.3 is 20.9 Å². The third kappa shape index (κ3) is 3.82. The fourth-order valence-electron chi connectivity index (χ4n) is 5.31. The number of fused-ring (bicyclic) bond motifs is 3. The highest BCUT2D eigenvalue weighted by Gasteiger charge is 2.41. The van der Waals surface area contributed by atoms with Crippen molar-refractivity contribution in [3.8, 4) is 0 Å². The van der Waals surface area contributed by atoms with Crippen molar-refractivity contribution in [3.05, 3.63) is 58.7 Å². The van der Waals surface area contributed by atoms with Gasteiger partial charge in [0.05, 0.1) is 10.9 Å². The first-order valence-corrected chi connectivity index (χ1v) is 11.6. The molecule has 0 radical (unpaired) electrons. The summed E-state index contributed by atoms with van der Waals surface area (Å²) in [4.78, 5) is 13.7. The number of imidazole rings is 1. The van der Waals surface area contributed by atoms with Crippen LogP contribution in [0.3, 0.4) is 0 Å². The average molecular weight is 501 g/mol. The largest absolute Gasteiger partial charge is 0.416 e. The number of ether oxygens (including phenoxy) is 2. The van der Waals surface area contributed by atoms with E-state index < -0.39 is 23.3 Å². The second-order valence-corrected chi connectivity index (χ2v) is 9.18. The fraction of sp³-hybridized carbons (Fsp3) is 0.400. The van der Waals surface area contributed by atoms with Crippen molar-refractivity contribution >= 4 is 28.2 Å². The van der Waals surface area contributed by atoms with Gasteiger partial charge in [-0.05, 0) is 36.2 Å². The van der Waals surface area contributed by atoms with Crippen LogP contribution in [0, 0.1) is 6.92 Å². The summed E-state index contributed by atoms with van der Waals surface area (Å²) in [7, 11) is 1.63. The molecule has 1 aliphatic heterocycles. The molecule has 1 atom stereocenters. The van der Waals surface area contributed by atoms with Crippen LogP contribution >= 0.6 is 0 Å². The number of nitrogens with zero attached hydrogens (tertiary/aromatic N) is 4. The Balaban J connectivity index is 1.91. The Hall–Kier alpha value is -3.44. The minimum Gasteiger partial charge on any atom is -0.399 e. The van der Waals surface area contributed by atoms with Crippen LogP contribution in [0.5, 0.6) is 0 Å². The van der Waals surface area contributed by atoms with Gasteiger partial charge in [-0.1, -0.05) is 6.92 Å². The van der Waals surface area contributed by atoms with Gasteiger partial charge in [0.1, 0.15) is 22.9 Å². The minimum atomic E-state index is -4.55. The van der Waals surface area contributed by atoms with Gasteiger partial charge in [0, 0.05) is 62.7 Å². The number of rotatable bonds is 4. The van der Waals surface area contributed by atoms with Crippen molar-refractivity contribution in [1.82, 2.24) is 19.4 Å². The lowest BCUT2D eigenvalue weighted by molar-refractivity contribution is -0.137. The molecular formula is C25H27F3N6O2. The number of nitrogens with two attached hydrogens (primary N) is 2. The van der Waals surface area contributed by atoms with E-state index in [0.29, 0.717) is 59.7 Å². The maximum absolute atomic E-state index is 13.7. The lowest BCUT2D eigenvalue weighted by atomic mass is 9.77. The van der Waals surface area contributed by atoms with Crippen LogP contribution in [0.2, 0.25) is 0 Å². The van der Waals surface area contributed by atoms with Crippen LogP contribution in [-0.4, -0.2) is 39.7 Å². The Bertz CT molecular complexity index is 1460. The highest BCUT2D eigenvalue weighted by molar-refractivity contribution is 5.94. The Kier molecular flexibility index (Phi) is 5.79. The van der Waals surface area contributed by atoms with Crippen LogP contribution < -0.4 is 11.5 Å². The van der Waals surface area contributed by atoms with Gasteiger partial charge in [-0.25, -0.2) is 15.0 Å². The molecule has 3 aromatic heterocycles. The predicted octanol–water partition coefficient (Wildman–Crippen LogP) is 4.57. The number of nitrogen functional groups attached to an aromatic ring is 2. The molecule has 0 amide bonds. The predicted molar refractivity (Wildman–Crippen MR) is 130 cm³/mol. The second kappa shape index (κ2) is 8.59. The van der Waals surface area contributed by atoms with Gasteiger partial charge in [0.25, 0.3) is 0 Å². The highest BCUT2D eigenvalue weighted by atomic mass is 19.4. The number of alkyl halides is 3. The lowest BCUT2D eigenvalue weighted by Crippen LogP contribution is -2.37. The summed E-state index contributed by atoms with van der Waals surface area (Å²) >= 11 is 0. The normalized spacial score (nSPS) is 17.1. The molecule has 0 saturated carbocycles. The number of hydrogen-bond donors (Lipinski definition) is 2. The molecule has 1 fully saturated rings. The van der Waals surface area contributed by atoms with E-state index in [2.05, 4.69) is 15.0 Å². The first-order valence-electron chi connectivity index (χ1n) is 11.6. The lowest BCUT2D eigenvalue weighted by Gasteiger charge is -2.39. The van der Waals surface area contributed by atoms with Gasteiger partial charge in [0.2, 0.25) is 0 Å². The molecular weight excluding hydrogens is 473 g/mol. The standard InChI is InChI=1S/C25H27F3N6O2/c1-13(15-10-16(25(26,27)28)12-17(29)11-15)18-19-21(30)32-14(2)33-22(19)34-7-6-31-23(34)20(18)24(35-3)4-8-36-9-5-24/h6-7,10-13H,4-5,8-9,29H2,1-3H3,(H2,30,32,33). The van der Waals surface area contributed by atoms with E-state index in [0.717, 1.165) is 17.7 Å². The molecule has 4 aromatic rings. The SMILES string of the molecule is COC1(c2c(C(C)c3cc(N)cc(C(F)(F)F)c3)c3c(N)nc(C)nc3n3ccnc23)CCOCC1. The molecule has 4 heterocycles. The highest BCUT2D eigenvalue weighted by Crippen LogP contribution is 2.47. The Morgan fingerprint density at radius 1 is 1.11 bits per heavy atom. The summed E-state index contributed by atoms with van der Waals surface area (Å²) in [6.07, 6.45) is -0.0313. The van der Waals surface area contributed by atoms with E-state index in [1.54, 1.807) is 32.5 Å². The number of pyridine rings is 1. The van der Waals surface area contributed by atoms with Gasteiger partial charge in [-0.3, -0.25) is 4.40 Å². The Morgan fingerprint density at radius 3 is 2.50 bits per heavy atom. The first-order chi connectivity index (χ1) is 17.1. The molecule has 11 heteroatoms. The Morgan fingerprint density at radius 2 is 1.83 bits per heavy atom. The average Bonchev–Trinajstić information content (AvgIpc) is 3.32. The van der Waals surface area contributed by atoms with Crippen molar-refractivity contribution in [1.29, 1.82) is 0 Å². The molecule has 0 bridgehead atoms. The number of benzene rings is 1. The van der Waals surface area contributed by atoms with Crippen LogP contribution in [0.1, 0.15) is 53.8 Å². The molecule has 0 aliphatic carbocycles. The van der Waals surface area contributed by atoms with Crippen LogP contribution in [-0.2, 0) is 21.3 Å². The Labute approximate surface area is 205 Å². The summed E-state index contributed by atoms with van der Waals surface area (Å²) in [6, 6.07) is 3.62. The van der Waals surface area contributed by atoms with Gasteiger partial charge >= 0.3 is 6.18 Å². The summed E-state index contributed by atoms with van der Waals surface area (Å²) in [5, 5.41) is 0.549. The molecule has 1 aromatic carbocycles. The van der Waals surface area contributed by atoms with Gasteiger partial charge in [-0.15, -0.1) is 0 Å². The maximum Gasteiger partial charge on any atom is 0.416 e. The van der Waals surface area contributed by atoms with Crippen molar-refractivity contribution in [2.45, 2.75) is 44.4 Å². The number of methoxy groups -OCH3 is 1. The third-order valence-corrected chi connectivity index (χ3v) is 7.05. The topological polar surface area (TPSA) is 114 Å². The van der Waals surface area contributed by atoms with E-state index in [1.807, 2.05) is 11.3 Å². The monoisotopic (exact) mass is 500 g/mol. The number of aromatic nitrogens is 4. The third-order valence-electron chi connectivity index (χ3n) is 7.05. The minimum absolute atomic E-state index is 0.0204. The first kappa shape index (κ1) is 24.3. The smallest absolute Gasteiger partial charge is 0.399 e.